The summed E-state index contributed by atoms with van der Waals surface area (Å²) >= 11 is 0. The highest BCUT2D eigenvalue weighted by atomic mass is 16.5. The second-order valence-corrected chi connectivity index (χ2v) is 6.53. The first-order chi connectivity index (χ1) is 14.2. The van der Waals surface area contributed by atoms with Crippen molar-refractivity contribution in [3.8, 4) is 5.75 Å². The van der Waals surface area contributed by atoms with Crippen molar-refractivity contribution in [2.75, 3.05) is 38.2 Å². The van der Waals surface area contributed by atoms with Crippen molar-refractivity contribution in [3.05, 3.63) is 60.2 Å². The van der Waals surface area contributed by atoms with Crippen molar-refractivity contribution >= 4 is 23.0 Å². The number of morpholine rings is 1. The molecule has 1 saturated heterocycles. The van der Waals surface area contributed by atoms with Crippen molar-refractivity contribution < 1.29 is 19.1 Å². The second kappa shape index (κ2) is 8.32. The predicted molar refractivity (Wildman–Crippen MR) is 107 cm³/mol. The van der Waals surface area contributed by atoms with Gasteiger partial charge in [-0.2, -0.15) is 0 Å². The Hall–Kier alpha value is -3.39. The van der Waals surface area contributed by atoms with Crippen LogP contribution in [0.3, 0.4) is 0 Å². The molecular weight excluding hydrogens is 372 g/mol. The van der Waals surface area contributed by atoms with Gasteiger partial charge in [-0.05, 0) is 31.2 Å². The Labute approximate surface area is 168 Å². The Morgan fingerprint density at radius 1 is 1.14 bits per heavy atom. The fraction of sp³-hybridized carbons (Fsp3) is 0.286. The molecule has 3 aromatic rings. The maximum absolute atomic E-state index is 13.0. The number of carbonyl (C=O) groups is 2. The first-order valence-corrected chi connectivity index (χ1v) is 9.56. The summed E-state index contributed by atoms with van der Waals surface area (Å²) in [7, 11) is 0. The third-order valence-electron chi connectivity index (χ3n) is 4.69. The SMILES string of the molecule is CCOc1ccccc1NC(=O)c1nc(C(=O)N2CCOCC2)c2ccccn12. The van der Waals surface area contributed by atoms with Gasteiger partial charge in [0, 0.05) is 19.3 Å². The van der Waals surface area contributed by atoms with Crippen LogP contribution < -0.4 is 10.1 Å². The lowest BCUT2D eigenvalue weighted by atomic mass is 10.3. The first-order valence-electron chi connectivity index (χ1n) is 9.56. The number of imidazole rings is 1. The molecule has 1 aliphatic rings. The smallest absolute Gasteiger partial charge is 0.292 e. The van der Waals surface area contributed by atoms with Gasteiger partial charge in [0.1, 0.15) is 5.75 Å². The number of para-hydroxylation sites is 2. The number of nitrogens with one attached hydrogen (secondary N) is 1. The number of nitrogens with zero attached hydrogens (tertiary/aromatic N) is 3. The number of fused-ring (bicyclic) bond motifs is 1. The zero-order valence-electron chi connectivity index (χ0n) is 16.1. The van der Waals surface area contributed by atoms with Crippen LogP contribution in [0.2, 0.25) is 0 Å². The predicted octanol–water partition coefficient (Wildman–Crippen LogP) is 2.46. The number of hydrogen-bond acceptors (Lipinski definition) is 5. The van der Waals surface area contributed by atoms with Gasteiger partial charge in [0.05, 0.1) is 31.0 Å². The van der Waals surface area contributed by atoms with Crippen molar-refractivity contribution in [3.63, 3.8) is 0 Å². The Balaban J connectivity index is 1.67. The van der Waals surface area contributed by atoms with Crippen molar-refractivity contribution in [2.24, 2.45) is 0 Å². The Bertz CT molecular complexity index is 1040. The summed E-state index contributed by atoms with van der Waals surface area (Å²) in [6.07, 6.45) is 1.72. The second-order valence-electron chi connectivity index (χ2n) is 6.53. The normalized spacial score (nSPS) is 14.0. The van der Waals surface area contributed by atoms with Crippen molar-refractivity contribution in [1.82, 2.24) is 14.3 Å². The average molecular weight is 394 g/mol. The molecule has 0 atom stereocenters. The quantitative estimate of drug-likeness (QED) is 0.719. The molecule has 3 heterocycles. The zero-order chi connectivity index (χ0) is 20.2. The third-order valence-corrected chi connectivity index (χ3v) is 4.69. The van der Waals surface area contributed by atoms with E-state index in [0.717, 1.165) is 0 Å². The number of benzene rings is 1. The van der Waals surface area contributed by atoms with E-state index in [1.807, 2.05) is 25.1 Å². The molecule has 2 amide bonds. The largest absolute Gasteiger partial charge is 0.492 e. The molecule has 8 nitrogen and oxygen atoms in total. The van der Waals surface area contributed by atoms with E-state index in [1.165, 1.54) is 0 Å². The van der Waals surface area contributed by atoms with E-state index >= 15 is 0 Å². The molecule has 1 aliphatic heterocycles. The van der Waals surface area contributed by atoms with Gasteiger partial charge in [0.2, 0.25) is 5.82 Å². The summed E-state index contributed by atoms with van der Waals surface area (Å²) in [6, 6.07) is 12.6. The van der Waals surface area contributed by atoms with E-state index < -0.39 is 5.91 Å². The highest BCUT2D eigenvalue weighted by molar-refractivity contribution is 6.06. The van der Waals surface area contributed by atoms with Crippen LogP contribution >= 0.6 is 0 Å². The topological polar surface area (TPSA) is 85.2 Å². The van der Waals surface area contributed by atoms with Gasteiger partial charge in [0.15, 0.2) is 5.69 Å². The summed E-state index contributed by atoms with van der Waals surface area (Å²) in [6.45, 7) is 4.38. The van der Waals surface area contributed by atoms with E-state index in [0.29, 0.717) is 49.9 Å². The number of anilines is 1. The van der Waals surface area contributed by atoms with Gasteiger partial charge in [0.25, 0.3) is 11.8 Å². The minimum absolute atomic E-state index is 0.142. The monoisotopic (exact) mass is 394 g/mol. The van der Waals surface area contributed by atoms with Crippen molar-refractivity contribution in [1.29, 1.82) is 0 Å². The average Bonchev–Trinajstić information content (AvgIpc) is 3.15. The van der Waals surface area contributed by atoms with Gasteiger partial charge in [-0.15, -0.1) is 0 Å². The van der Waals surface area contributed by atoms with Crippen LogP contribution in [-0.2, 0) is 4.74 Å². The molecule has 4 rings (SSSR count). The molecule has 29 heavy (non-hydrogen) atoms. The number of hydrogen-bond donors (Lipinski definition) is 1. The van der Waals surface area contributed by atoms with Gasteiger partial charge < -0.3 is 19.7 Å². The summed E-state index contributed by atoms with van der Waals surface area (Å²) in [5.41, 5.74) is 1.40. The molecular formula is C21H22N4O4. The summed E-state index contributed by atoms with van der Waals surface area (Å²) in [4.78, 5) is 32.1. The molecule has 0 aliphatic carbocycles. The minimum atomic E-state index is -0.417. The number of carbonyl (C=O) groups excluding carboxylic acids is 2. The Morgan fingerprint density at radius 2 is 1.90 bits per heavy atom. The molecule has 0 saturated carbocycles. The molecule has 2 aromatic heterocycles. The Kier molecular flexibility index (Phi) is 5.44. The van der Waals surface area contributed by atoms with E-state index in [4.69, 9.17) is 9.47 Å². The number of ether oxygens (including phenoxy) is 2. The van der Waals surface area contributed by atoms with E-state index in [-0.39, 0.29) is 17.4 Å². The molecule has 1 fully saturated rings. The zero-order valence-corrected chi connectivity index (χ0v) is 16.1. The maximum atomic E-state index is 13.0. The van der Waals surface area contributed by atoms with Crippen LogP contribution in [0.25, 0.3) is 5.52 Å². The van der Waals surface area contributed by atoms with Gasteiger partial charge in [-0.1, -0.05) is 18.2 Å². The van der Waals surface area contributed by atoms with Gasteiger partial charge >= 0.3 is 0 Å². The molecule has 0 bridgehead atoms. The summed E-state index contributed by atoms with van der Waals surface area (Å²) in [5.74, 6) is 0.0995. The molecule has 0 spiro atoms. The van der Waals surface area contributed by atoms with E-state index in [2.05, 4.69) is 10.3 Å². The summed E-state index contributed by atoms with van der Waals surface area (Å²) < 4.78 is 12.5. The molecule has 150 valence electrons. The summed E-state index contributed by atoms with van der Waals surface area (Å²) in [5, 5.41) is 2.84. The molecule has 1 N–H and O–H groups in total. The van der Waals surface area contributed by atoms with Crippen LogP contribution in [0, 0.1) is 0 Å². The molecule has 0 radical (unpaired) electrons. The van der Waals surface area contributed by atoms with Gasteiger partial charge in [-0.25, -0.2) is 4.98 Å². The molecule has 0 unspecified atom stereocenters. The maximum Gasteiger partial charge on any atom is 0.292 e. The van der Waals surface area contributed by atoms with E-state index in [1.54, 1.807) is 39.8 Å². The first kappa shape index (κ1) is 18.9. The number of pyridine rings is 1. The fourth-order valence-electron chi connectivity index (χ4n) is 3.30. The van der Waals surface area contributed by atoms with Crippen LogP contribution in [0.15, 0.2) is 48.7 Å². The molecule has 8 heteroatoms. The fourth-order valence-corrected chi connectivity index (χ4v) is 3.30. The highest BCUT2D eigenvalue weighted by Gasteiger charge is 2.26. The number of amides is 2. The van der Waals surface area contributed by atoms with Crippen LogP contribution in [0.4, 0.5) is 5.69 Å². The number of aromatic nitrogens is 2. The van der Waals surface area contributed by atoms with Crippen molar-refractivity contribution in [2.45, 2.75) is 6.92 Å². The minimum Gasteiger partial charge on any atom is -0.492 e. The van der Waals surface area contributed by atoms with Gasteiger partial charge in [-0.3, -0.25) is 14.0 Å². The standard InChI is InChI=1S/C21H22N4O4/c1-2-29-17-9-4-3-7-15(17)22-20(26)19-23-18(16-8-5-6-10-25(16)19)21(27)24-11-13-28-14-12-24/h3-10H,2,11-14H2,1H3,(H,22,26). The van der Waals surface area contributed by atoms with Crippen LogP contribution in [0.5, 0.6) is 5.75 Å². The lowest BCUT2D eigenvalue weighted by molar-refractivity contribution is 0.0300. The lowest BCUT2D eigenvalue weighted by Crippen LogP contribution is -2.40. The number of rotatable bonds is 5. The lowest BCUT2D eigenvalue weighted by Gasteiger charge is -2.26. The molecule has 1 aromatic carbocycles. The Morgan fingerprint density at radius 3 is 2.69 bits per heavy atom. The third kappa shape index (κ3) is 3.79. The van der Waals surface area contributed by atoms with Crippen LogP contribution in [-0.4, -0.2) is 59.0 Å². The van der Waals surface area contributed by atoms with Crippen LogP contribution in [0.1, 0.15) is 28.0 Å². The highest BCUT2D eigenvalue weighted by Crippen LogP contribution is 2.25. The van der Waals surface area contributed by atoms with E-state index in [9.17, 15) is 9.59 Å².